The van der Waals surface area contributed by atoms with E-state index in [1.165, 1.54) is 0 Å². The summed E-state index contributed by atoms with van der Waals surface area (Å²) >= 11 is 6.03. The van der Waals surface area contributed by atoms with E-state index in [0.717, 1.165) is 27.6 Å². The Hall–Kier alpha value is -4.55. The molecule has 38 heavy (non-hydrogen) atoms. The fraction of sp³-hybridized carbons (Fsp3) is 0.0968. The van der Waals surface area contributed by atoms with Gasteiger partial charge in [0.2, 0.25) is 0 Å². The van der Waals surface area contributed by atoms with Gasteiger partial charge in [-0.25, -0.2) is 5.43 Å². The quantitative estimate of drug-likeness (QED) is 0.173. The molecule has 190 valence electrons. The Labute approximate surface area is 226 Å². The molecule has 0 unspecified atom stereocenters. The maximum atomic E-state index is 12.8. The molecule has 4 aromatic carbocycles. The number of aromatic nitrogens is 1. The van der Waals surface area contributed by atoms with Gasteiger partial charge in [0.25, 0.3) is 5.91 Å². The first-order valence-electron chi connectivity index (χ1n) is 12.1. The summed E-state index contributed by atoms with van der Waals surface area (Å²) in [5, 5.41) is 5.98. The van der Waals surface area contributed by atoms with Gasteiger partial charge < -0.3 is 14.0 Å². The molecule has 0 saturated heterocycles. The van der Waals surface area contributed by atoms with Crippen molar-refractivity contribution in [2.24, 2.45) is 5.10 Å². The number of nitrogens with zero attached hydrogens (tertiary/aromatic N) is 2. The smallest absolute Gasteiger partial charge is 0.271 e. The zero-order valence-electron chi connectivity index (χ0n) is 20.8. The highest BCUT2D eigenvalue weighted by molar-refractivity contribution is 6.30. The Morgan fingerprint density at radius 3 is 2.47 bits per heavy atom. The predicted octanol–water partition coefficient (Wildman–Crippen LogP) is 6.69. The van der Waals surface area contributed by atoms with Gasteiger partial charge in [-0.15, -0.1) is 0 Å². The minimum atomic E-state index is -0.348. The molecule has 0 aliphatic heterocycles. The Morgan fingerprint density at radius 2 is 1.68 bits per heavy atom. The van der Waals surface area contributed by atoms with Gasteiger partial charge in [0, 0.05) is 39.8 Å². The molecular weight excluding hydrogens is 498 g/mol. The molecule has 1 N–H and O–H groups in total. The third-order valence-corrected chi connectivity index (χ3v) is 6.37. The summed E-state index contributed by atoms with van der Waals surface area (Å²) in [5.74, 6) is 0.687. The Balaban J connectivity index is 1.28. The summed E-state index contributed by atoms with van der Waals surface area (Å²) in [6, 6.07) is 30.8. The first-order valence-corrected chi connectivity index (χ1v) is 12.5. The van der Waals surface area contributed by atoms with Crippen molar-refractivity contribution >= 4 is 34.6 Å². The zero-order chi connectivity index (χ0) is 26.3. The van der Waals surface area contributed by atoms with Gasteiger partial charge in [-0.3, -0.25) is 4.79 Å². The highest BCUT2D eigenvalue weighted by Crippen LogP contribution is 2.29. The normalized spacial score (nSPS) is 11.1. The summed E-state index contributed by atoms with van der Waals surface area (Å²) in [4.78, 5) is 12.8. The molecule has 5 aromatic rings. The second-order valence-corrected chi connectivity index (χ2v) is 9.13. The number of ether oxygens (including phenoxy) is 2. The zero-order valence-corrected chi connectivity index (χ0v) is 21.6. The molecule has 1 amide bonds. The first kappa shape index (κ1) is 25.1. The molecule has 5 rings (SSSR count). The summed E-state index contributed by atoms with van der Waals surface area (Å²) in [6.45, 7) is 1.09. The van der Waals surface area contributed by atoms with Gasteiger partial charge in [0.1, 0.15) is 6.61 Å². The summed E-state index contributed by atoms with van der Waals surface area (Å²) in [6.07, 6.45) is 3.68. The summed E-state index contributed by atoms with van der Waals surface area (Å²) < 4.78 is 13.5. The monoisotopic (exact) mass is 523 g/mol. The number of nitrogens with one attached hydrogen (secondary N) is 1. The molecule has 0 radical (unpaired) electrons. The second-order valence-electron chi connectivity index (χ2n) is 8.69. The second kappa shape index (κ2) is 11.7. The fourth-order valence-corrected chi connectivity index (χ4v) is 4.31. The van der Waals surface area contributed by atoms with E-state index >= 15 is 0 Å². The number of rotatable bonds is 9. The van der Waals surface area contributed by atoms with E-state index < -0.39 is 0 Å². The van der Waals surface area contributed by atoms with Crippen molar-refractivity contribution in [2.75, 3.05) is 7.11 Å². The lowest BCUT2D eigenvalue weighted by Crippen LogP contribution is -2.17. The Bertz CT molecular complexity index is 1580. The standard InChI is InChI=1S/C31H26ClN3O3/c1-37-30-17-24(13-16-29(30)38-21-23-7-3-2-4-8-23)31(36)34-33-18-25-20-35(28-10-6-5-9-27(25)28)19-22-11-14-26(32)15-12-22/h2-18,20H,19,21H2,1H3,(H,34,36). The number of carbonyl (C=O) groups is 1. The molecule has 0 aliphatic rings. The summed E-state index contributed by atoms with van der Waals surface area (Å²) in [5.41, 5.74) is 7.18. The third kappa shape index (κ3) is 5.88. The molecule has 6 nitrogen and oxygen atoms in total. The predicted molar refractivity (Wildman–Crippen MR) is 151 cm³/mol. The number of fused-ring (bicyclic) bond motifs is 1. The molecule has 0 fully saturated rings. The van der Waals surface area contributed by atoms with Crippen LogP contribution in [0.5, 0.6) is 11.5 Å². The van der Waals surface area contributed by atoms with Crippen LogP contribution in [-0.2, 0) is 13.2 Å². The van der Waals surface area contributed by atoms with Gasteiger partial charge in [0.15, 0.2) is 11.5 Å². The lowest BCUT2D eigenvalue weighted by Gasteiger charge is -2.12. The number of carbonyl (C=O) groups excluding carboxylic acids is 1. The lowest BCUT2D eigenvalue weighted by molar-refractivity contribution is 0.0954. The van der Waals surface area contributed by atoms with Gasteiger partial charge in [-0.2, -0.15) is 5.10 Å². The van der Waals surface area contributed by atoms with Crippen LogP contribution in [0.4, 0.5) is 0 Å². The van der Waals surface area contributed by atoms with Crippen LogP contribution >= 0.6 is 11.6 Å². The maximum Gasteiger partial charge on any atom is 0.271 e. The number of halogens is 1. The van der Waals surface area contributed by atoms with E-state index in [9.17, 15) is 4.79 Å². The topological polar surface area (TPSA) is 64.8 Å². The van der Waals surface area contributed by atoms with Crippen LogP contribution in [0, 0.1) is 0 Å². The van der Waals surface area contributed by atoms with Gasteiger partial charge in [-0.1, -0.05) is 72.3 Å². The molecule has 1 aromatic heterocycles. The van der Waals surface area contributed by atoms with E-state index in [4.69, 9.17) is 21.1 Å². The average molecular weight is 524 g/mol. The number of amides is 1. The maximum absolute atomic E-state index is 12.8. The Kier molecular flexibility index (Phi) is 7.71. The minimum absolute atomic E-state index is 0.348. The number of para-hydroxylation sites is 1. The van der Waals surface area contributed by atoms with Crippen molar-refractivity contribution < 1.29 is 14.3 Å². The van der Waals surface area contributed by atoms with E-state index in [1.807, 2.05) is 79.0 Å². The van der Waals surface area contributed by atoms with Crippen LogP contribution in [0.2, 0.25) is 5.02 Å². The van der Waals surface area contributed by atoms with Crippen LogP contribution in [0.15, 0.2) is 108 Å². The van der Waals surface area contributed by atoms with E-state index in [2.05, 4.69) is 21.2 Å². The molecule has 1 heterocycles. The van der Waals surface area contributed by atoms with Crippen molar-refractivity contribution in [1.29, 1.82) is 0 Å². The highest BCUT2D eigenvalue weighted by atomic mass is 35.5. The minimum Gasteiger partial charge on any atom is -0.493 e. The van der Waals surface area contributed by atoms with Crippen molar-refractivity contribution in [3.63, 3.8) is 0 Å². The fourth-order valence-electron chi connectivity index (χ4n) is 4.18. The summed E-state index contributed by atoms with van der Waals surface area (Å²) in [7, 11) is 1.55. The average Bonchev–Trinajstić information content (AvgIpc) is 3.30. The molecule has 0 spiro atoms. The van der Waals surface area contributed by atoms with E-state index in [-0.39, 0.29) is 5.91 Å². The number of methoxy groups -OCH3 is 1. The van der Waals surface area contributed by atoms with Gasteiger partial charge >= 0.3 is 0 Å². The number of benzene rings is 4. The SMILES string of the molecule is COc1cc(C(=O)NN=Cc2cn(Cc3ccc(Cl)cc3)c3ccccc23)ccc1OCc1ccccc1. The van der Waals surface area contributed by atoms with Crippen LogP contribution in [0.3, 0.4) is 0 Å². The van der Waals surface area contributed by atoms with Gasteiger partial charge in [-0.05, 0) is 47.5 Å². The first-order chi connectivity index (χ1) is 18.6. The van der Waals surface area contributed by atoms with Crippen LogP contribution in [0.1, 0.15) is 27.0 Å². The largest absolute Gasteiger partial charge is 0.493 e. The van der Waals surface area contributed by atoms with Gasteiger partial charge in [0.05, 0.1) is 13.3 Å². The number of hydrogen-bond acceptors (Lipinski definition) is 4. The molecule has 0 aliphatic carbocycles. The van der Waals surface area contributed by atoms with Crippen LogP contribution < -0.4 is 14.9 Å². The van der Waals surface area contributed by atoms with E-state index in [1.54, 1.807) is 31.5 Å². The van der Waals surface area contributed by atoms with Crippen molar-refractivity contribution in [3.05, 3.63) is 131 Å². The van der Waals surface area contributed by atoms with Crippen molar-refractivity contribution in [1.82, 2.24) is 9.99 Å². The molecule has 0 bridgehead atoms. The number of hydrazone groups is 1. The molecule has 0 atom stereocenters. The third-order valence-electron chi connectivity index (χ3n) is 6.12. The van der Waals surface area contributed by atoms with Crippen molar-refractivity contribution in [2.45, 2.75) is 13.2 Å². The Morgan fingerprint density at radius 1 is 0.921 bits per heavy atom. The highest BCUT2D eigenvalue weighted by Gasteiger charge is 2.12. The van der Waals surface area contributed by atoms with Crippen molar-refractivity contribution in [3.8, 4) is 11.5 Å². The lowest BCUT2D eigenvalue weighted by atomic mass is 10.2. The van der Waals surface area contributed by atoms with Crippen LogP contribution in [-0.4, -0.2) is 23.8 Å². The number of hydrogen-bond donors (Lipinski definition) is 1. The van der Waals surface area contributed by atoms with Crippen LogP contribution in [0.25, 0.3) is 10.9 Å². The molecular formula is C31H26ClN3O3. The molecule has 7 heteroatoms. The molecule has 0 saturated carbocycles. The van der Waals surface area contributed by atoms with E-state index in [0.29, 0.717) is 35.2 Å².